The van der Waals surface area contributed by atoms with Crippen molar-refractivity contribution in [2.24, 2.45) is 0 Å². The molecule has 202 valence electrons. The molecule has 1 fully saturated rings. The van der Waals surface area contributed by atoms with Crippen molar-refractivity contribution in [3.63, 3.8) is 0 Å². The van der Waals surface area contributed by atoms with Crippen molar-refractivity contribution in [2.75, 3.05) is 6.61 Å². The topological polar surface area (TPSA) is 82.6 Å². The van der Waals surface area contributed by atoms with Gasteiger partial charge in [-0.3, -0.25) is 14.3 Å². The zero-order valence-corrected chi connectivity index (χ0v) is 22.0. The van der Waals surface area contributed by atoms with Crippen LogP contribution in [-0.4, -0.2) is 33.6 Å². The number of nitrogens with one attached hydrogen (secondary N) is 1. The average Bonchev–Trinajstić information content (AvgIpc) is 3.31. The molecular formula is C30H29FN2O5S. The minimum absolute atomic E-state index is 0.231. The summed E-state index contributed by atoms with van der Waals surface area (Å²) >= 11 is 1.41. The van der Waals surface area contributed by atoms with E-state index in [1.54, 1.807) is 0 Å². The van der Waals surface area contributed by atoms with Crippen LogP contribution in [0.4, 0.5) is 4.39 Å². The summed E-state index contributed by atoms with van der Waals surface area (Å²) in [4.78, 5) is 26.6. The maximum absolute atomic E-state index is 14.3. The van der Waals surface area contributed by atoms with Gasteiger partial charge in [-0.05, 0) is 16.7 Å². The lowest BCUT2D eigenvalue weighted by molar-refractivity contribution is -0.0920. The number of hydrogen-bond acceptors (Lipinski definition) is 6. The normalized spacial score (nSPS) is 20.7. The van der Waals surface area contributed by atoms with Gasteiger partial charge < -0.3 is 14.2 Å². The van der Waals surface area contributed by atoms with Gasteiger partial charge in [-0.15, -0.1) is 11.8 Å². The lowest BCUT2D eigenvalue weighted by atomic mass is 10.1. The van der Waals surface area contributed by atoms with Crippen LogP contribution >= 0.6 is 11.8 Å². The molecule has 0 bridgehead atoms. The van der Waals surface area contributed by atoms with E-state index in [0.717, 1.165) is 22.9 Å². The first-order valence-corrected chi connectivity index (χ1v) is 13.6. The summed E-state index contributed by atoms with van der Waals surface area (Å²) < 4.78 is 34.4. The van der Waals surface area contributed by atoms with Gasteiger partial charge in [0.15, 0.2) is 0 Å². The van der Waals surface area contributed by atoms with Crippen LogP contribution in [0.1, 0.15) is 22.1 Å². The van der Waals surface area contributed by atoms with E-state index in [1.807, 2.05) is 91.0 Å². The second-order valence-corrected chi connectivity index (χ2v) is 10.6. The Kier molecular flexibility index (Phi) is 9.05. The molecule has 1 aliphatic heterocycles. The maximum Gasteiger partial charge on any atom is 0.329 e. The molecule has 1 saturated heterocycles. The van der Waals surface area contributed by atoms with Gasteiger partial charge in [-0.1, -0.05) is 91.0 Å². The highest BCUT2D eigenvalue weighted by atomic mass is 32.2. The molecule has 0 saturated carbocycles. The monoisotopic (exact) mass is 548 g/mol. The number of hydrogen-bond donors (Lipinski definition) is 1. The molecule has 2 heterocycles. The van der Waals surface area contributed by atoms with Crippen LogP contribution < -0.4 is 11.2 Å². The summed E-state index contributed by atoms with van der Waals surface area (Å²) in [5, 5.41) is -0.885. The van der Waals surface area contributed by atoms with Gasteiger partial charge in [0.1, 0.15) is 17.6 Å². The van der Waals surface area contributed by atoms with E-state index >= 15 is 0 Å². The first-order valence-electron chi connectivity index (χ1n) is 12.7. The number of thioether (sulfide) groups is 1. The Balaban J connectivity index is 1.43. The van der Waals surface area contributed by atoms with Crippen molar-refractivity contribution in [3.05, 3.63) is 141 Å². The Morgan fingerprint density at radius 1 is 0.744 bits per heavy atom. The van der Waals surface area contributed by atoms with Crippen molar-refractivity contribution in [1.29, 1.82) is 0 Å². The van der Waals surface area contributed by atoms with Crippen LogP contribution in [0.3, 0.4) is 0 Å². The summed E-state index contributed by atoms with van der Waals surface area (Å²) in [7, 11) is 0. The molecule has 7 nitrogen and oxygen atoms in total. The molecule has 5 rings (SSSR count). The number of nitrogens with zero attached hydrogens (tertiary/aromatic N) is 1. The van der Waals surface area contributed by atoms with Gasteiger partial charge in [0.05, 0.1) is 37.9 Å². The molecule has 9 heteroatoms. The fraction of sp³-hybridized carbons (Fsp3) is 0.267. The van der Waals surface area contributed by atoms with Crippen LogP contribution in [-0.2, 0) is 34.0 Å². The summed E-state index contributed by atoms with van der Waals surface area (Å²) in [6, 6.07) is 29.3. The third-order valence-electron chi connectivity index (χ3n) is 6.45. The van der Waals surface area contributed by atoms with Gasteiger partial charge >= 0.3 is 5.69 Å². The zero-order valence-electron chi connectivity index (χ0n) is 21.2. The van der Waals surface area contributed by atoms with Crippen LogP contribution in [0.15, 0.2) is 107 Å². The minimum atomic E-state index is -1.05. The zero-order chi connectivity index (χ0) is 27.0. The van der Waals surface area contributed by atoms with E-state index in [-0.39, 0.29) is 11.9 Å². The first-order chi connectivity index (χ1) is 19.1. The highest BCUT2D eigenvalue weighted by Gasteiger charge is 2.47. The van der Waals surface area contributed by atoms with E-state index in [0.29, 0.717) is 19.8 Å². The van der Waals surface area contributed by atoms with E-state index in [2.05, 4.69) is 4.98 Å². The van der Waals surface area contributed by atoms with Gasteiger partial charge in [0, 0.05) is 0 Å². The maximum atomic E-state index is 14.3. The Morgan fingerprint density at radius 3 is 1.82 bits per heavy atom. The summed E-state index contributed by atoms with van der Waals surface area (Å²) in [6.07, 6.45) is -0.173. The molecule has 0 unspecified atom stereocenters. The predicted molar refractivity (Wildman–Crippen MR) is 148 cm³/mol. The molecular weight excluding hydrogens is 519 g/mol. The molecule has 0 amide bonds. The van der Waals surface area contributed by atoms with E-state index in [1.165, 1.54) is 16.3 Å². The molecule has 1 N–H and O–H groups in total. The molecule has 1 aromatic heterocycles. The van der Waals surface area contributed by atoms with E-state index < -0.39 is 34.6 Å². The van der Waals surface area contributed by atoms with Gasteiger partial charge in [0.25, 0.3) is 5.56 Å². The van der Waals surface area contributed by atoms with Gasteiger partial charge in [-0.2, -0.15) is 4.39 Å². The number of rotatable bonds is 11. The second-order valence-electron chi connectivity index (χ2n) is 9.23. The molecule has 0 aliphatic carbocycles. The number of ether oxygens (including phenoxy) is 3. The Morgan fingerprint density at radius 2 is 1.26 bits per heavy atom. The second kappa shape index (κ2) is 13.0. The van der Waals surface area contributed by atoms with E-state index in [4.69, 9.17) is 14.2 Å². The van der Waals surface area contributed by atoms with Crippen LogP contribution in [0.25, 0.3) is 0 Å². The van der Waals surface area contributed by atoms with Crippen LogP contribution in [0.2, 0.25) is 0 Å². The largest absolute Gasteiger partial charge is 0.376 e. The fourth-order valence-electron chi connectivity index (χ4n) is 4.50. The molecule has 4 atom stereocenters. The summed E-state index contributed by atoms with van der Waals surface area (Å²) in [5.41, 5.74) is 1.21. The summed E-state index contributed by atoms with van der Waals surface area (Å²) in [6.45, 7) is 1.33. The molecule has 3 aromatic carbocycles. The smallest absolute Gasteiger partial charge is 0.329 e. The average molecular weight is 549 g/mol. The lowest BCUT2D eigenvalue weighted by Gasteiger charge is -2.27. The quantitative estimate of drug-likeness (QED) is 0.293. The highest BCUT2D eigenvalue weighted by molar-refractivity contribution is 8.00. The van der Waals surface area contributed by atoms with Gasteiger partial charge in [0.2, 0.25) is 5.82 Å². The van der Waals surface area contributed by atoms with Crippen LogP contribution in [0, 0.1) is 5.82 Å². The number of halogens is 1. The molecule has 0 radical (unpaired) electrons. The SMILES string of the molecule is O=c1[nH]c(=O)n([C@H]2S[C@@H](COCc3ccccc3)[C@H](OCc3ccccc3)[C@H]2OCc2ccccc2)cc1F. The Hall–Kier alpha value is -3.50. The third-order valence-corrected chi connectivity index (χ3v) is 7.98. The lowest BCUT2D eigenvalue weighted by Crippen LogP contribution is -2.41. The third kappa shape index (κ3) is 6.93. The van der Waals surface area contributed by atoms with Crippen LogP contribution in [0.5, 0.6) is 0 Å². The minimum Gasteiger partial charge on any atom is -0.376 e. The number of benzene rings is 3. The molecule has 1 aliphatic rings. The van der Waals surface area contributed by atoms with Crippen molar-refractivity contribution in [2.45, 2.75) is 42.7 Å². The predicted octanol–water partition coefficient (Wildman–Crippen LogP) is 4.68. The highest BCUT2D eigenvalue weighted by Crippen LogP contribution is 2.45. The first kappa shape index (κ1) is 27.1. The Bertz CT molecular complexity index is 1450. The fourth-order valence-corrected chi connectivity index (χ4v) is 6.09. The Labute approximate surface area is 229 Å². The number of H-pyrrole nitrogens is 1. The standard InChI is InChI=1S/C30H29FN2O5S/c31-24-16-33(30(35)32-28(24)34)29-27(38-19-23-14-8-3-9-15-23)26(37-18-22-12-6-2-7-13-22)25(39-29)20-36-17-21-10-4-1-5-11-21/h1-16,25-27,29H,17-20H2,(H,32,34,35)/t25-,26-,27+,29-/m0/s1. The molecule has 0 spiro atoms. The van der Waals surface area contributed by atoms with Crippen molar-refractivity contribution < 1.29 is 18.6 Å². The number of aromatic nitrogens is 2. The molecule has 4 aromatic rings. The van der Waals surface area contributed by atoms with E-state index in [9.17, 15) is 14.0 Å². The summed E-state index contributed by atoms with van der Waals surface area (Å²) in [5.74, 6) is -1.04. The molecule has 39 heavy (non-hydrogen) atoms. The van der Waals surface area contributed by atoms with Gasteiger partial charge in [-0.25, -0.2) is 4.79 Å². The van der Waals surface area contributed by atoms with Crippen molar-refractivity contribution >= 4 is 11.8 Å². The number of aromatic amines is 1. The van der Waals surface area contributed by atoms with Crippen molar-refractivity contribution in [1.82, 2.24) is 9.55 Å². The van der Waals surface area contributed by atoms with Crippen molar-refractivity contribution in [3.8, 4) is 0 Å².